The van der Waals surface area contributed by atoms with Crippen LogP contribution >= 0.6 is 0 Å². The summed E-state index contributed by atoms with van der Waals surface area (Å²) in [5.74, 6) is 0.615. The van der Waals surface area contributed by atoms with Gasteiger partial charge in [-0.25, -0.2) is 4.68 Å². The van der Waals surface area contributed by atoms with Crippen LogP contribution in [-0.4, -0.2) is 21.1 Å². The third-order valence-electron chi connectivity index (χ3n) is 2.45. The summed E-state index contributed by atoms with van der Waals surface area (Å²) in [6.45, 7) is 3.47. The van der Waals surface area contributed by atoms with Crippen molar-refractivity contribution in [2.24, 2.45) is 0 Å². The highest BCUT2D eigenvalue weighted by Gasteiger charge is 2.14. The van der Waals surface area contributed by atoms with E-state index >= 15 is 0 Å². The smallest absolute Gasteiger partial charge is 0.155 e. The van der Waals surface area contributed by atoms with E-state index in [1.165, 1.54) is 0 Å². The Hall–Kier alpha value is -2.01. The topological polar surface area (TPSA) is 76.1 Å². The molecule has 1 atom stereocenters. The lowest BCUT2D eigenvalue weighted by Crippen LogP contribution is -2.17. The van der Waals surface area contributed by atoms with E-state index in [0.29, 0.717) is 11.5 Å². The van der Waals surface area contributed by atoms with Crippen molar-refractivity contribution in [2.45, 2.75) is 20.1 Å². The molecule has 1 unspecified atom stereocenters. The van der Waals surface area contributed by atoms with E-state index in [1.54, 1.807) is 11.6 Å². The van der Waals surface area contributed by atoms with Crippen molar-refractivity contribution < 1.29 is 5.11 Å². The van der Waals surface area contributed by atoms with Crippen molar-refractivity contribution >= 4 is 11.5 Å². The average molecular weight is 232 g/mol. The first-order valence-corrected chi connectivity index (χ1v) is 5.44. The fraction of sp³-hybridized carbons (Fsp3) is 0.250. The number of aliphatic hydroxyl groups excluding tert-OH is 1. The molecule has 17 heavy (non-hydrogen) atoms. The highest BCUT2D eigenvalue weighted by atomic mass is 16.3. The standard InChI is InChI=1S/C12H16N4O/c1-8-11(13)12(14-9(2)17)16(15-8)10-6-4-3-5-7-10/h3-7,9,14,17H,13H2,1-2H3. The molecule has 0 spiro atoms. The number of rotatable bonds is 3. The molecule has 5 nitrogen and oxygen atoms in total. The minimum atomic E-state index is -0.684. The fourth-order valence-electron chi connectivity index (χ4n) is 1.63. The van der Waals surface area contributed by atoms with Gasteiger partial charge in [-0.15, -0.1) is 0 Å². The van der Waals surface area contributed by atoms with Crippen LogP contribution in [0.3, 0.4) is 0 Å². The summed E-state index contributed by atoms with van der Waals surface area (Å²) in [7, 11) is 0. The predicted octanol–water partition coefficient (Wildman–Crippen LogP) is 1.51. The molecule has 5 heteroatoms. The van der Waals surface area contributed by atoms with Gasteiger partial charge in [0.25, 0.3) is 0 Å². The van der Waals surface area contributed by atoms with Crippen molar-refractivity contribution in [3.8, 4) is 5.69 Å². The quantitative estimate of drug-likeness (QED) is 0.701. The molecule has 0 bridgehead atoms. The Labute approximate surface area is 99.9 Å². The fourth-order valence-corrected chi connectivity index (χ4v) is 1.63. The summed E-state index contributed by atoms with van der Waals surface area (Å²) in [5, 5.41) is 16.6. The van der Waals surface area contributed by atoms with Crippen LogP contribution in [0.2, 0.25) is 0 Å². The molecule has 0 aliphatic rings. The number of aryl methyl sites for hydroxylation is 1. The maximum atomic E-state index is 9.40. The zero-order valence-electron chi connectivity index (χ0n) is 9.88. The molecule has 0 amide bonds. The maximum Gasteiger partial charge on any atom is 0.155 e. The van der Waals surface area contributed by atoms with Gasteiger partial charge in [-0.1, -0.05) is 18.2 Å². The first-order valence-electron chi connectivity index (χ1n) is 5.44. The van der Waals surface area contributed by atoms with Gasteiger partial charge in [0.2, 0.25) is 0 Å². The summed E-state index contributed by atoms with van der Waals surface area (Å²) in [6.07, 6.45) is -0.684. The number of aliphatic hydroxyl groups is 1. The number of nitrogens with two attached hydrogens (primary N) is 1. The molecule has 1 aromatic carbocycles. The molecule has 4 N–H and O–H groups in total. The van der Waals surface area contributed by atoms with Crippen LogP contribution in [0.15, 0.2) is 30.3 Å². The van der Waals surface area contributed by atoms with Gasteiger partial charge < -0.3 is 16.2 Å². The largest absolute Gasteiger partial charge is 0.394 e. The predicted molar refractivity (Wildman–Crippen MR) is 68.0 cm³/mol. The van der Waals surface area contributed by atoms with E-state index in [9.17, 15) is 5.11 Å². The van der Waals surface area contributed by atoms with Crippen LogP contribution in [-0.2, 0) is 0 Å². The average Bonchev–Trinajstić information content (AvgIpc) is 2.58. The maximum absolute atomic E-state index is 9.40. The van der Waals surface area contributed by atoms with Gasteiger partial charge in [0.05, 0.1) is 17.1 Å². The molecule has 2 aromatic rings. The van der Waals surface area contributed by atoms with Crippen molar-refractivity contribution in [1.82, 2.24) is 9.78 Å². The summed E-state index contributed by atoms with van der Waals surface area (Å²) in [6, 6.07) is 9.65. The van der Waals surface area contributed by atoms with Crippen LogP contribution in [0.25, 0.3) is 5.69 Å². The van der Waals surface area contributed by atoms with Gasteiger partial charge in [0.1, 0.15) is 6.23 Å². The molecular weight excluding hydrogens is 216 g/mol. The Morgan fingerprint density at radius 3 is 2.59 bits per heavy atom. The summed E-state index contributed by atoms with van der Waals surface area (Å²) >= 11 is 0. The molecule has 90 valence electrons. The molecule has 0 aliphatic heterocycles. The number of anilines is 2. The van der Waals surface area contributed by atoms with Gasteiger partial charge >= 0.3 is 0 Å². The summed E-state index contributed by atoms with van der Waals surface area (Å²) < 4.78 is 1.69. The number of hydrogen-bond donors (Lipinski definition) is 3. The third kappa shape index (κ3) is 2.24. The van der Waals surface area contributed by atoms with E-state index in [0.717, 1.165) is 11.4 Å². The minimum Gasteiger partial charge on any atom is -0.394 e. The van der Waals surface area contributed by atoms with Crippen molar-refractivity contribution in [3.05, 3.63) is 36.0 Å². The second-order valence-corrected chi connectivity index (χ2v) is 3.92. The molecule has 2 rings (SSSR count). The SMILES string of the molecule is Cc1nn(-c2ccccc2)c(NC(C)O)c1N. The first kappa shape index (κ1) is 11.5. The van der Waals surface area contributed by atoms with Crippen LogP contribution in [0.4, 0.5) is 11.5 Å². The van der Waals surface area contributed by atoms with E-state index in [4.69, 9.17) is 5.73 Å². The molecule has 1 heterocycles. The summed E-state index contributed by atoms with van der Waals surface area (Å²) in [4.78, 5) is 0. The monoisotopic (exact) mass is 232 g/mol. The van der Waals surface area contributed by atoms with Gasteiger partial charge in [-0.05, 0) is 26.0 Å². The van der Waals surface area contributed by atoms with E-state index in [-0.39, 0.29) is 0 Å². The van der Waals surface area contributed by atoms with Crippen LogP contribution in [0, 0.1) is 6.92 Å². The molecule has 0 aliphatic carbocycles. The van der Waals surface area contributed by atoms with Gasteiger partial charge in [-0.3, -0.25) is 0 Å². The summed E-state index contributed by atoms with van der Waals surface area (Å²) in [5.41, 5.74) is 8.11. The number of para-hydroxylation sites is 1. The Morgan fingerprint density at radius 1 is 1.35 bits per heavy atom. The van der Waals surface area contributed by atoms with Crippen molar-refractivity contribution in [3.63, 3.8) is 0 Å². The van der Waals surface area contributed by atoms with Crippen molar-refractivity contribution in [1.29, 1.82) is 0 Å². The number of nitrogen functional groups attached to an aromatic ring is 1. The highest BCUT2D eigenvalue weighted by Crippen LogP contribution is 2.25. The molecule has 0 saturated carbocycles. The Kier molecular flexibility index (Phi) is 3.01. The van der Waals surface area contributed by atoms with Gasteiger partial charge in [-0.2, -0.15) is 5.10 Å². The number of aromatic nitrogens is 2. The van der Waals surface area contributed by atoms with E-state index in [2.05, 4.69) is 10.4 Å². The number of nitrogens with zero attached hydrogens (tertiary/aromatic N) is 2. The van der Waals surface area contributed by atoms with Crippen LogP contribution in [0.1, 0.15) is 12.6 Å². The Bertz CT molecular complexity index is 505. The van der Waals surface area contributed by atoms with Crippen molar-refractivity contribution in [2.75, 3.05) is 11.1 Å². The minimum absolute atomic E-state index is 0.551. The zero-order chi connectivity index (χ0) is 12.4. The normalized spacial score (nSPS) is 12.4. The highest BCUT2D eigenvalue weighted by molar-refractivity contribution is 5.67. The number of benzene rings is 1. The van der Waals surface area contributed by atoms with Gasteiger partial charge in [0.15, 0.2) is 5.82 Å². The zero-order valence-corrected chi connectivity index (χ0v) is 9.88. The van der Waals surface area contributed by atoms with E-state index in [1.807, 2.05) is 37.3 Å². The molecular formula is C12H16N4O. The number of hydrogen-bond acceptors (Lipinski definition) is 4. The molecule has 0 saturated heterocycles. The third-order valence-corrected chi connectivity index (χ3v) is 2.45. The first-order chi connectivity index (χ1) is 8.09. The number of nitrogens with one attached hydrogen (secondary N) is 1. The lowest BCUT2D eigenvalue weighted by atomic mass is 10.3. The van der Waals surface area contributed by atoms with Crippen LogP contribution in [0.5, 0.6) is 0 Å². The van der Waals surface area contributed by atoms with E-state index < -0.39 is 6.23 Å². The van der Waals surface area contributed by atoms with Gasteiger partial charge in [0, 0.05) is 0 Å². The second kappa shape index (κ2) is 4.47. The molecule has 0 radical (unpaired) electrons. The Morgan fingerprint density at radius 2 is 2.00 bits per heavy atom. The lowest BCUT2D eigenvalue weighted by molar-refractivity contribution is 0.223. The molecule has 1 aromatic heterocycles. The second-order valence-electron chi connectivity index (χ2n) is 3.92. The lowest BCUT2D eigenvalue weighted by Gasteiger charge is -2.12. The molecule has 0 fully saturated rings. The Balaban J connectivity index is 2.50. The van der Waals surface area contributed by atoms with Crippen LogP contribution < -0.4 is 11.1 Å².